The Morgan fingerprint density at radius 2 is 2.15 bits per heavy atom. The van der Waals surface area contributed by atoms with Gasteiger partial charge in [-0.15, -0.1) is 0 Å². The van der Waals surface area contributed by atoms with Crippen molar-refractivity contribution >= 4 is 0 Å². The lowest BCUT2D eigenvalue weighted by Crippen LogP contribution is -2.37. The average Bonchev–Trinajstić information content (AvgIpc) is 2.85. The molecule has 13 heavy (non-hydrogen) atoms. The summed E-state index contributed by atoms with van der Waals surface area (Å²) in [7, 11) is 0. The molecule has 1 aromatic carbocycles. The lowest BCUT2D eigenvalue weighted by atomic mass is 9.94. The molecule has 1 spiro atoms. The maximum atomic E-state index is 13.3. The summed E-state index contributed by atoms with van der Waals surface area (Å²) in [5.74, 6) is -0.0551. The topological polar surface area (TPSA) is 12.0 Å². The van der Waals surface area contributed by atoms with Crippen molar-refractivity contribution in [3.63, 3.8) is 0 Å². The van der Waals surface area contributed by atoms with Gasteiger partial charge in [-0.1, -0.05) is 12.1 Å². The molecule has 2 aliphatic rings. The minimum absolute atomic E-state index is 0.0551. The number of hydrogen-bond donors (Lipinski definition) is 1. The Kier molecular flexibility index (Phi) is 1.34. The van der Waals surface area contributed by atoms with Gasteiger partial charge in [-0.3, -0.25) is 0 Å². The predicted octanol–water partition coefficient (Wildman–Crippen LogP) is 2.00. The first-order valence-corrected chi connectivity index (χ1v) is 4.80. The molecule has 0 radical (unpaired) electrons. The first-order valence-electron chi connectivity index (χ1n) is 4.80. The zero-order chi connectivity index (χ0) is 8.89. The standard InChI is InChI=1S/C11H12FN/c12-10-3-1-2-8-6-11(4-5-11)13-7-9(8)10/h1-3,13H,4-7H2. The fourth-order valence-electron chi connectivity index (χ4n) is 2.17. The molecule has 0 amide bonds. The van der Waals surface area contributed by atoms with Crippen LogP contribution >= 0.6 is 0 Å². The average molecular weight is 177 g/mol. The summed E-state index contributed by atoms with van der Waals surface area (Å²) in [6.07, 6.45) is 3.52. The van der Waals surface area contributed by atoms with Gasteiger partial charge in [0.1, 0.15) is 5.82 Å². The van der Waals surface area contributed by atoms with Crippen LogP contribution in [-0.2, 0) is 13.0 Å². The van der Waals surface area contributed by atoms with Crippen LogP contribution in [0, 0.1) is 5.82 Å². The lowest BCUT2D eigenvalue weighted by molar-refractivity contribution is 0.448. The molecule has 1 N–H and O–H groups in total. The molecule has 1 saturated carbocycles. The number of hydrogen-bond acceptors (Lipinski definition) is 1. The fourth-order valence-corrected chi connectivity index (χ4v) is 2.17. The van der Waals surface area contributed by atoms with Crippen LogP contribution in [0.5, 0.6) is 0 Å². The Labute approximate surface area is 77.0 Å². The lowest BCUT2D eigenvalue weighted by Gasteiger charge is -2.26. The van der Waals surface area contributed by atoms with Gasteiger partial charge in [0.05, 0.1) is 0 Å². The minimum Gasteiger partial charge on any atom is -0.307 e. The van der Waals surface area contributed by atoms with Crippen LogP contribution in [0.15, 0.2) is 18.2 Å². The second kappa shape index (κ2) is 2.32. The van der Waals surface area contributed by atoms with Gasteiger partial charge in [0.25, 0.3) is 0 Å². The molecule has 1 nitrogen and oxygen atoms in total. The second-order valence-corrected chi connectivity index (χ2v) is 4.19. The van der Waals surface area contributed by atoms with Crippen molar-refractivity contribution in [3.8, 4) is 0 Å². The van der Waals surface area contributed by atoms with Gasteiger partial charge in [-0.2, -0.15) is 0 Å². The molecule has 1 aliphatic carbocycles. The quantitative estimate of drug-likeness (QED) is 0.639. The second-order valence-electron chi connectivity index (χ2n) is 4.19. The van der Waals surface area contributed by atoms with E-state index in [-0.39, 0.29) is 5.82 Å². The van der Waals surface area contributed by atoms with E-state index < -0.39 is 0 Å². The van der Waals surface area contributed by atoms with Crippen LogP contribution in [0.4, 0.5) is 4.39 Å². The highest BCUT2D eigenvalue weighted by atomic mass is 19.1. The third-order valence-corrected chi connectivity index (χ3v) is 3.24. The summed E-state index contributed by atoms with van der Waals surface area (Å²) in [5, 5.41) is 3.43. The molecular weight excluding hydrogens is 165 g/mol. The van der Waals surface area contributed by atoms with Gasteiger partial charge in [-0.25, -0.2) is 4.39 Å². The monoisotopic (exact) mass is 177 g/mol. The van der Waals surface area contributed by atoms with Crippen LogP contribution < -0.4 is 5.32 Å². The molecule has 68 valence electrons. The largest absolute Gasteiger partial charge is 0.307 e. The highest BCUT2D eigenvalue weighted by molar-refractivity contribution is 5.34. The van der Waals surface area contributed by atoms with E-state index in [1.165, 1.54) is 18.4 Å². The molecule has 0 unspecified atom stereocenters. The van der Waals surface area contributed by atoms with Gasteiger partial charge < -0.3 is 5.32 Å². The molecule has 0 aromatic heterocycles. The van der Waals surface area contributed by atoms with Gasteiger partial charge in [-0.05, 0) is 30.9 Å². The van der Waals surface area contributed by atoms with Crippen molar-refractivity contribution in [1.82, 2.24) is 5.32 Å². The maximum absolute atomic E-state index is 13.3. The third kappa shape index (κ3) is 1.09. The summed E-state index contributed by atoms with van der Waals surface area (Å²) < 4.78 is 13.3. The van der Waals surface area contributed by atoms with E-state index in [2.05, 4.69) is 11.4 Å². The Bertz CT molecular complexity index is 355. The molecule has 0 atom stereocenters. The van der Waals surface area contributed by atoms with E-state index in [4.69, 9.17) is 0 Å². The Morgan fingerprint density at radius 3 is 2.92 bits per heavy atom. The molecular formula is C11H12FN. The van der Waals surface area contributed by atoms with Gasteiger partial charge in [0, 0.05) is 17.6 Å². The zero-order valence-corrected chi connectivity index (χ0v) is 7.44. The predicted molar refractivity (Wildman–Crippen MR) is 48.9 cm³/mol. The number of fused-ring (bicyclic) bond motifs is 1. The van der Waals surface area contributed by atoms with E-state index in [0.29, 0.717) is 12.1 Å². The number of halogens is 1. The van der Waals surface area contributed by atoms with Crippen molar-refractivity contribution in [2.24, 2.45) is 0 Å². The van der Waals surface area contributed by atoms with Crippen LogP contribution in [-0.4, -0.2) is 5.54 Å². The summed E-state index contributed by atoms with van der Waals surface area (Å²) in [6, 6.07) is 5.42. The highest BCUT2D eigenvalue weighted by Gasteiger charge is 2.44. The highest BCUT2D eigenvalue weighted by Crippen LogP contribution is 2.42. The molecule has 0 bridgehead atoms. The van der Waals surface area contributed by atoms with E-state index in [9.17, 15) is 4.39 Å². The van der Waals surface area contributed by atoms with E-state index in [1.54, 1.807) is 6.07 Å². The Morgan fingerprint density at radius 1 is 1.31 bits per heavy atom. The molecule has 0 saturated heterocycles. The van der Waals surface area contributed by atoms with Crippen LogP contribution in [0.3, 0.4) is 0 Å². The van der Waals surface area contributed by atoms with Crippen LogP contribution in [0.2, 0.25) is 0 Å². The van der Waals surface area contributed by atoms with Crippen LogP contribution in [0.25, 0.3) is 0 Å². The normalized spacial score (nSPS) is 22.8. The molecule has 2 heteroatoms. The van der Waals surface area contributed by atoms with Crippen molar-refractivity contribution in [1.29, 1.82) is 0 Å². The number of nitrogens with one attached hydrogen (secondary N) is 1. The first kappa shape index (κ1) is 7.51. The van der Waals surface area contributed by atoms with Crippen molar-refractivity contribution in [2.45, 2.75) is 31.3 Å². The zero-order valence-electron chi connectivity index (χ0n) is 7.44. The minimum atomic E-state index is -0.0551. The first-order chi connectivity index (χ1) is 6.29. The molecule has 1 fully saturated rings. The molecule has 1 aromatic rings. The summed E-state index contributed by atoms with van der Waals surface area (Å²) >= 11 is 0. The van der Waals surface area contributed by atoms with Crippen molar-refractivity contribution < 1.29 is 4.39 Å². The SMILES string of the molecule is Fc1cccc2c1CNC1(CC1)C2. The van der Waals surface area contributed by atoms with E-state index >= 15 is 0 Å². The summed E-state index contributed by atoms with van der Waals surface area (Å²) in [6.45, 7) is 0.710. The number of rotatable bonds is 0. The molecule has 1 aliphatic heterocycles. The van der Waals surface area contributed by atoms with Crippen molar-refractivity contribution in [2.75, 3.05) is 0 Å². The molecule has 1 heterocycles. The van der Waals surface area contributed by atoms with Crippen molar-refractivity contribution in [3.05, 3.63) is 35.1 Å². The smallest absolute Gasteiger partial charge is 0.127 e. The van der Waals surface area contributed by atoms with E-state index in [1.807, 2.05) is 6.07 Å². The number of benzene rings is 1. The Hall–Kier alpha value is -0.890. The summed E-state index contributed by atoms with van der Waals surface area (Å²) in [4.78, 5) is 0. The van der Waals surface area contributed by atoms with E-state index in [0.717, 1.165) is 12.0 Å². The maximum Gasteiger partial charge on any atom is 0.127 e. The molecule has 3 rings (SSSR count). The summed E-state index contributed by atoms with van der Waals surface area (Å²) in [5.41, 5.74) is 2.43. The Balaban J connectivity index is 2.05. The third-order valence-electron chi connectivity index (χ3n) is 3.24. The fraction of sp³-hybridized carbons (Fsp3) is 0.455. The van der Waals surface area contributed by atoms with Gasteiger partial charge in [0.2, 0.25) is 0 Å². The van der Waals surface area contributed by atoms with Crippen LogP contribution in [0.1, 0.15) is 24.0 Å². The van der Waals surface area contributed by atoms with Gasteiger partial charge in [0.15, 0.2) is 0 Å². The van der Waals surface area contributed by atoms with Gasteiger partial charge >= 0.3 is 0 Å².